The number of carbonyl (C=O) groups excluding carboxylic acids is 1. The van der Waals surface area contributed by atoms with Crippen LogP contribution in [0.5, 0.6) is 0 Å². The molecule has 0 spiro atoms. The van der Waals surface area contributed by atoms with Crippen LogP contribution in [-0.4, -0.2) is 73.1 Å². The van der Waals surface area contributed by atoms with Crippen molar-refractivity contribution in [3.63, 3.8) is 0 Å². The Hall–Kier alpha value is -0.690. The minimum Gasteiger partial charge on any atom is -0.395 e. The van der Waals surface area contributed by atoms with Crippen LogP contribution < -0.4 is 5.32 Å². The first-order valence-electron chi connectivity index (χ1n) is 5.49. The Morgan fingerprint density at radius 2 is 2.31 bits per heavy atom. The number of hydrogen-bond donors (Lipinski definition) is 3. The molecule has 0 aromatic rings. The predicted molar refractivity (Wildman–Crippen MR) is 58.0 cm³/mol. The molecule has 1 saturated heterocycles. The molecule has 16 heavy (non-hydrogen) atoms. The van der Waals surface area contributed by atoms with Crippen molar-refractivity contribution < 1.29 is 19.7 Å². The van der Waals surface area contributed by atoms with E-state index in [1.54, 1.807) is 12.0 Å². The van der Waals surface area contributed by atoms with Gasteiger partial charge >= 0.3 is 0 Å². The molecule has 0 radical (unpaired) electrons. The monoisotopic (exact) mass is 232 g/mol. The summed E-state index contributed by atoms with van der Waals surface area (Å²) in [6.07, 6.45) is -0.0133. The molecule has 0 aromatic carbocycles. The van der Waals surface area contributed by atoms with Gasteiger partial charge in [0.25, 0.3) is 0 Å². The van der Waals surface area contributed by atoms with Crippen molar-refractivity contribution in [2.24, 2.45) is 0 Å². The Morgan fingerprint density at radius 3 is 2.81 bits per heavy atom. The fraction of sp³-hybridized carbons (Fsp3) is 0.900. The quantitative estimate of drug-likeness (QED) is 0.502. The average molecular weight is 232 g/mol. The summed E-state index contributed by atoms with van der Waals surface area (Å²) < 4.78 is 4.91. The molecule has 0 aromatic heterocycles. The van der Waals surface area contributed by atoms with Crippen LogP contribution in [0.3, 0.4) is 0 Å². The number of aliphatic hydroxyl groups excluding tert-OH is 2. The van der Waals surface area contributed by atoms with Gasteiger partial charge in [0.15, 0.2) is 0 Å². The summed E-state index contributed by atoms with van der Waals surface area (Å²) in [5, 5.41) is 21.2. The van der Waals surface area contributed by atoms with Crippen LogP contribution in [0, 0.1) is 0 Å². The van der Waals surface area contributed by atoms with E-state index in [-0.39, 0.29) is 18.6 Å². The van der Waals surface area contributed by atoms with Crippen LogP contribution >= 0.6 is 0 Å². The first kappa shape index (κ1) is 13.4. The number of nitrogens with zero attached hydrogens (tertiary/aromatic N) is 1. The number of aliphatic hydroxyl groups is 2. The Morgan fingerprint density at radius 1 is 1.56 bits per heavy atom. The van der Waals surface area contributed by atoms with Gasteiger partial charge in [-0.25, -0.2) is 0 Å². The van der Waals surface area contributed by atoms with Crippen molar-refractivity contribution in [3.05, 3.63) is 0 Å². The third kappa shape index (κ3) is 3.71. The third-order valence-electron chi connectivity index (χ3n) is 2.65. The number of ether oxygens (including phenoxy) is 1. The highest BCUT2D eigenvalue weighted by Gasteiger charge is 2.30. The van der Waals surface area contributed by atoms with Crippen molar-refractivity contribution in [3.8, 4) is 0 Å². The highest BCUT2D eigenvalue weighted by atomic mass is 16.5. The van der Waals surface area contributed by atoms with Crippen LogP contribution in [-0.2, 0) is 9.53 Å². The van der Waals surface area contributed by atoms with E-state index >= 15 is 0 Å². The molecule has 1 aliphatic heterocycles. The van der Waals surface area contributed by atoms with E-state index in [1.807, 2.05) is 0 Å². The van der Waals surface area contributed by atoms with Crippen LogP contribution in [0.2, 0.25) is 0 Å². The molecule has 2 unspecified atom stereocenters. The van der Waals surface area contributed by atoms with Crippen molar-refractivity contribution in [2.75, 3.05) is 40.0 Å². The van der Waals surface area contributed by atoms with E-state index in [9.17, 15) is 9.90 Å². The lowest BCUT2D eigenvalue weighted by molar-refractivity contribution is -0.134. The Bertz CT molecular complexity index is 225. The molecule has 0 bridgehead atoms. The maximum Gasteiger partial charge on any atom is 0.239 e. The van der Waals surface area contributed by atoms with Crippen LogP contribution in [0.25, 0.3) is 0 Å². The summed E-state index contributed by atoms with van der Waals surface area (Å²) in [7, 11) is 1.57. The van der Waals surface area contributed by atoms with Crippen LogP contribution in [0.1, 0.15) is 6.42 Å². The number of nitrogens with one attached hydrogen (secondary N) is 1. The molecule has 0 aliphatic carbocycles. The SMILES string of the molecule is COCCN(CCO)C(=O)C1CC(O)CN1. The normalized spacial score (nSPS) is 24.7. The summed E-state index contributed by atoms with van der Waals surface area (Å²) in [6.45, 7) is 1.60. The minimum absolute atomic E-state index is 0.0648. The van der Waals surface area contributed by atoms with Gasteiger partial charge in [-0.1, -0.05) is 0 Å². The lowest BCUT2D eigenvalue weighted by Crippen LogP contribution is -2.46. The van der Waals surface area contributed by atoms with Crippen LogP contribution in [0.4, 0.5) is 0 Å². The topological polar surface area (TPSA) is 82.0 Å². The van der Waals surface area contributed by atoms with Crippen molar-refractivity contribution in [1.82, 2.24) is 10.2 Å². The number of methoxy groups -OCH3 is 1. The molecule has 0 saturated carbocycles. The van der Waals surface area contributed by atoms with Gasteiger partial charge in [-0.2, -0.15) is 0 Å². The zero-order chi connectivity index (χ0) is 12.0. The second kappa shape index (κ2) is 6.80. The van der Waals surface area contributed by atoms with Gasteiger partial charge in [0.1, 0.15) is 0 Å². The Kier molecular flexibility index (Phi) is 5.68. The molecular weight excluding hydrogens is 212 g/mol. The molecular formula is C10H20N2O4. The summed E-state index contributed by atoms with van der Waals surface area (Å²) in [5.41, 5.74) is 0. The van der Waals surface area contributed by atoms with Gasteiger partial charge in [0, 0.05) is 26.7 Å². The highest BCUT2D eigenvalue weighted by molar-refractivity contribution is 5.82. The first-order valence-corrected chi connectivity index (χ1v) is 5.49. The van der Waals surface area contributed by atoms with Gasteiger partial charge in [0.05, 0.1) is 25.4 Å². The second-order valence-corrected chi connectivity index (χ2v) is 3.89. The number of carbonyl (C=O) groups is 1. The van der Waals surface area contributed by atoms with Crippen molar-refractivity contribution in [1.29, 1.82) is 0 Å². The van der Waals surface area contributed by atoms with Gasteiger partial charge in [-0.05, 0) is 6.42 Å². The molecule has 1 heterocycles. The van der Waals surface area contributed by atoms with Gasteiger partial charge in [-0.3, -0.25) is 4.79 Å². The van der Waals surface area contributed by atoms with Crippen LogP contribution in [0.15, 0.2) is 0 Å². The number of hydrogen-bond acceptors (Lipinski definition) is 5. The maximum absolute atomic E-state index is 12.0. The second-order valence-electron chi connectivity index (χ2n) is 3.89. The van der Waals surface area contributed by atoms with E-state index in [0.717, 1.165) is 0 Å². The molecule has 1 aliphatic rings. The molecule has 6 heteroatoms. The van der Waals surface area contributed by atoms with Crippen molar-refractivity contribution in [2.45, 2.75) is 18.6 Å². The lowest BCUT2D eigenvalue weighted by atomic mass is 10.2. The standard InChI is InChI=1S/C10H20N2O4/c1-16-5-3-12(2-4-13)10(15)9-6-8(14)7-11-9/h8-9,11,13-14H,2-7H2,1H3. The summed E-state index contributed by atoms with van der Waals surface area (Å²) in [6, 6.07) is -0.335. The van der Waals surface area contributed by atoms with Gasteiger partial charge < -0.3 is 25.2 Å². The Balaban J connectivity index is 2.45. The van der Waals surface area contributed by atoms with E-state index in [2.05, 4.69) is 5.32 Å². The highest BCUT2D eigenvalue weighted by Crippen LogP contribution is 2.09. The first-order chi connectivity index (χ1) is 7.69. The van der Waals surface area contributed by atoms with Gasteiger partial charge in [-0.15, -0.1) is 0 Å². The predicted octanol–water partition coefficient (Wildman–Crippen LogP) is -1.82. The molecule has 1 rings (SSSR count). The smallest absolute Gasteiger partial charge is 0.239 e. The van der Waals surface area contributed by atoms with E-state index in [0.29, 0.717) is 32.7 Å². The summed E-state index contributed by atoms with van der Waals surface area (Å²) in [4.78, 5) is 13.5. The molecule has 6 nitrogen and oxygen atoms in total. The maximum atomic E-state index is 12.0. The summed E-state index contributed by atoms with van der Waals surface area (Å²) >= 11 is 0. The number of β-amino-alcohol motifs (C(OH)–C–C–N with tert-alkyl or cyclic N) is 1. The van der Waals surface area contributed by atoms with E-state index in [1.165, 1.54) is 0 Å². The largest absolute Gasteiger partial charge is 0.395 e. The molecule has 1 fully saturated rings. The number of rotatable bonds is 6. The fourth-order valence-corrected chi connectivity index (χ4v) is 1.78. The average Bonchev–Trinajstić information content (AvgIpc) is 2.70. The summed E-state index contributed by atoms with van der Waals surface area (Å²) in [5.74, 6) is -0.0809. The fourth-order valence-electron chi connectivity index (χ4n) is 1.78. The molecule has 1 amide bonds. The van der Waals surface area contributed by atoms with E-state index < -0.39 is 6.10 Å². The van der Waals surface area contributed by atoms with Crippen molar-refractivity contribution >= 4 is 5.91 Å². The molecule has 2 atom stereocenters. The molecule has 94 valence electrons. The minimum atomic E-state index is -0.452. The van der Waals surface area contributed by atoms with E-state index in [4.69, 9.17) is 9.84 Å². The molecule has 3 N–H and O–H groups in total. The number of amides is 1. The third-order valence-corrected chi connectivity index (χ3v) is 2.65. The van der Waals surface area contributed by atoms with Gasteiger partial charge in [0.2, 0.25) is 5.91 Å². The lowest BCUT2D eigenvalue weighted by Gasteiger charge is -2.24. The Labute approximate surface area is 95.2 Å². The zero-order valence-electron chi connectivity index (χ0n) is 9.56. The zero-order valence-corrected chi connectivity index (χ0v) is 9.56.